The Morgan fingerprint density at radius 1 is 1.18 bits per heavy atom. The lowest BCUT2D eigenvalue weighted by atomic mass is 10.2. The molecule has 0 aliphatic carbocycles. The van der Waals surface area contributed by atoms with Crippen LogP contribution in [-0.2, 0) is 13.1 Å². The molecule has 1 aliphatic rings. The quantitative estimate of drug-likeness (QED) is 0.653. The van der Waals surface area contributed by atoms with Crippen molar-refractivity contribution in [2.75, 3.05) is 24.2 Å². The Bertz CT molecular complexity index is 599. The molecule has 0 unspecified atom stereocenters. The lowest BCUT2D eigenvalue weighted by Crippen LogP contribution is -2.23. The van der Waals surface area contributed by atoms with Crippen LogP contribution in [0.5, 0.6) is 0 Å². The molecule has 0 amide bonds. The summed E-state index contributed by atoms with van der Waals surface area (Å²) in [4.78, 5) is 15.6. The Labute approximate surface area is 135 Å². The van der Waals surface area contributed by atoms with Gasteiger partial charge in [0.1, 0.15) is 5.82 Å². The molecule has 1 aliphatic heterocycles. The summed E-state index contributed by atoms with van der Waals surface area (Å²) >= 11 is 1.59. The fourth-order valence-corrected chi connectivity index (χ4v) is 2.99. The first-order valence-corrected chi connectivity index (χ1v) is 8.84. The number of thioether (sulfide) groups is 1. The van der Waals surface area contributed by atoms with Crippen molar-refractivity contribution in [3.8, 4) is 0 Å². The highest BCUT2D eigenvalue weighted by Crippen LogP contribution is 2.24. The van der Waals surface area contributed by atoms with Crippen molar-refractivity contribution < 1.29 is 0 Å². The van der Waals surface area contributed by atoms with Crippen molar-refractivity contribution in [2.24, 2.45) is 0 Å². The van der Waals surface area contributed by atoms with Gasteiger partial charge < -0.3 is 10.2 Å². The number of hydrogen-bond donors (Lipinski definition) is 1. The normalized spacial score (nSPS) is 14.5. The third-order valence-corrected chi connectivity index (χ3v) is 4.36. The van der Waals surface area contributed by atoms with E-state index in [4.69, 9.17) is 4.98 Å². The fourth-order valence-electron chi connectivity index (χ4n) is 2.65. The van der Waals surface area contributed by atoms with E-state index in [-0.39, 0.29) is 0 Å². The molecule has 6 heteroatoms. The summed E-state index contributed by atoms with van der Waals surface area (Å²) in [7, 11) is 0. The zero-order chi connectivity index (χ0) is 15.2. The number of anilines is 1. The second-order valence-corrected chi connectivity index (χ2v) is 6.13. The average molecular weight is 315 g/mol. The van der Waals surface area contributed by atoms with E-state index in [9.17, 15) is 0 Å². The van der Waals surface area contributed by atoms with Crippen molar-refractivity contribution >= 4 is 17.6 Å². The van der Waals surface area contributed by atoms with Gasteiger partial charge in [-0.25, -0.2) is 9.97 Å². The molecular formula is C16H21N5S. The summed E-state index contributed by atoms with van der Waals surface area (Å²) in [6, 6.07) is 4.06. The second-order valence-electron chi connectivity index (χ2n) is 5.36. The molecule has 0 saturated carbocycles. The maximum Gasteiger partial charge on any atom is 0.189 e. The van der Waals surface area contributed by atoms with Crippen LogP contribution >= 0.6 is 11.8 Å². The number of pyridine rings is 1. The maximum absolute atomic E-state index is 4.73. The molecule has 2 aromatic rings. The summed E-state index contributed by atoms with van der Waals surface area (Å²) in [5.74, 6) is 1.10. The van der Waals surface area contributed by atoms with Gasteiger partial charge in [0, 0.05) is 50.3 Å². The molecule has 3 heterocycles. The molecule has 1 saturated heterocycles. The summed E-state index contributed by atoms with van der Waals surface area (Å²) in [5, 5.41) is 4.33. The van der Waals surface area contributed by atoms with Gasteiger partial charge in [-0.15, -0.1) is 0 Å². The first-order valence-electron chi connectivity index (χ1n) is 7.61. The SMILES string of the molecule is CSc1ncc(CNCc2ccncc2)c(N2CCCC2)n1. The van der Waals surface area contributed by atoms with E-state index in [1.54, 1.807) is 11.8 Å². The maximum atomic E-state index is 4.73. The minimum absolute atomic E-state index is 0.781. The molecular weight excluding hydrogens is 294 g/mol. The van der Waals surface area contributed by atoms with Crippen LogP contribution in [0.2, 0.25) is 0 Å². The van der Waals surface area contributed by atoms with E-state index in [1.807, 2.05) is 37.0 Å². The van der Waals surface area contributed by atoms with Crippen LogP contribution in [0.25, 0.3) is 0 Å². The fraction of sp³-hybridized carbons (Fsp3) is 0.438. The highest BCUT2D eigenvalue weighted by Gasteiger charge is 2.18. The Kier molecular flexibility index (Phi) is 5.24. The van der Waals surface area contributed by atoms with Crippen molar-refractivity contribution in [1.82, 2.24) is 20.3 Å². The predicted octanol–water partition coefficient (Wildman–Crippen LogP) is 2.48. The Hall–Kier alpha value is -1.66. The molecule has 116 valence electrons. The van der Waals surface area contributed by atoms with Crippen molar-refractivity contribution in [3.63, 3.8) is 0 Å². The Balaban J connectivity index is 1.69. The van der Waals surface area contributed by atoms with E-state index in [0.29, 0.717) is 0 Å². The molecule has 0 aromatic carbocycles. The van der Waals surface area contributed by atoms with Crippen LogP contribution < -0.4 is 10.2 Å². The summed E-state index contributed by atoms with van der Waals surface area (Å²) in [5.41, 5.74) is 2.41. The number of rotatable bonds is 6. The first kappa shape index (κ1) is 15.2. The number of aromatic nitrogens is 3. The highest BCUT2D eigenvalue weighted by molar-refractivity contribution is 7.98. The summed E-state index contributed by atoms with van der Waals surface area (Å²) in [6.45, 7) is 3.80. The van der Waals surface area contributed by atoms with Crippen LogP contribution in [-0.4, -0.2) is 34.3 Å². The molecule has 22 heavy (non-hydrogen) atoms. The minimum Gasteiger partial charge on any atom is -0.356 e. The molecule has 2 aromatic heterocycles. The average Bonchev–Trinajstić information content (AvgIpc) is 3.10. The monoisotopic (exact) mass is 315 g/mol. The molecule has 3 rings (SSSR count). The van der Waals surface area contributed by atoms with Crippen molar-refractivity contribution in [2.45, 2.75) is 31.1 Å². The number of nitrogens with zero attached hydrogens (tertiary/aromatic N) is 4. The largest absolute Gasteiger partial charge is 0.356 e. The van der Waals surface area contributed by atoms with Gasteiger partial charge in [-0.1, -0.05) is 11.8 Å². The van der Waals surface area contributed by atoms with Gasteiger partial charge in [-0.2, -0.15) is 0 Å². The van der Waals surface area contributed by atoms with Crippen LogP contribution in [0.3, 0.4) is 0 Å². The highest BCUT2D eigenvalue weighted by atomic mass is 32.2. The molecule has 0 radical (unpaired) electrons. The topological polar surface area (TPSA) is 53.9 Å². The molecule has 0 atom stereocenters. The van der Waals surface area contributed by atoms with E-state index >= 15 is 0 Å². The van der Waals surface area contributed by atoms with Gasteiger partial charge in [-0.3, -0.25) is 4.98 Å². The van der Waals surface area contributed by atoms with Crippen molar-refractivity contribution in [3.05, 3.63) is 41.9 Å². The van der Waals surface area contributed by atoms with E-state index in [1.165, 1.54) is 24.0 Å². The summed E-state index contributed by atoms with van der Waals surface area (Å²) in [6.07, 6.45) is 10.1. The van der Waals surface area contributed by atoms with E-state index < -0.39 is 0 Å². The zero-order valence-corrected chi connectivity index (χ0v) is 13.6. The second kappa shape index (κ2) is 7.56. The molecule has 0 spiro atoms. The van der Waals surface area contributed by atoms with Crippen LogP contribution in [0.4, 0.5) is 5.82 Å². The third-order valence-electron chi connectivity index (χ3n) is 3.80. The smallest absolute Gasteiger partial charge is 0.189 e. The molecule has 0 bridgehead atoms. The molecule has 1 N–H and O–H groups in total. The molecule has 1 fully saturated rings. The minimum atomic E-state index is 0.781. The van der Waals surface area contributed by atoms with Crippen LogP contribution in [0.15, 0.2) is 35.9 Å². The Morgan fingerprint density at radius 3 is 2.68 bits per heavy atom. The first-order chi connectivity index (χ1) is 10.9. The zero-order valence-electron chi connectivity index (χ0n) is 12.8. The van der Waals surface area contributed by atoms with E-state index in [2.05, 4.69) is 20.2 Å². The third kappa shape index (κ3) is 3.75. The van der Waals surface area contributed by atoms with Gasteiger partial charge in [0.25, 0.3) is 0 Å². The van der Waals surface area contributed by atoms with Crippen molar-refractivity contribution in [1.29, 1.82) is 0 Å². The van der Waals surface area contributed by atoms with Gasteiger partial charge in [0.15, 0.2) is 5.16 Å². The van der Waals surface area contributed by atoms with E-state index in [0.717, 1.165) is 37.2 Å². The summed E-state index contributed by atoms with van der Waals surface area (Å²) < 4.78 is 0. The van der Waals surface area contributed by atoms with Gasteiger partial charge in [0.05, 0.1) is 0 Å². The van der Waals surface area contributed by atoms with Gasteiger partial charge in [-0.05, 0) is 36.8 Å². The lowest BCUT2D eigenvalue weighted by molar-refractivity contribution is 0.681. The van der Waals surface area contributed by atoms with Crippen LogP contribution in [0.1, 0.15) is 24.0 Å². The predicted molar refractivity (Wildman–Crippen MR) is 90.0 cm³/mol. The van der Waals surface area contributed by atoms with Gasteiger partial charge >= 0.3 is 0 Å². The van der Waals surface area contributed by atoms with Crippen LogP contribution in [0, 0.1) is 0 Å². The number of hydrogen-bond acceptors (Lipinski definition) is 6. The number of nitrogens with one attached hydrogen (secondary N) is 1. The lowest BCUT2D eigenvalue weighted by Gasteiger charge is -2.20. The standard InChI is InChI=1S/C16H21N5S/c1-22-16-19-12-14(15(20-16)21-8-2-3-9-21)11-18-10-13-4-6-17-7-5-13/h4-7,12,18H,2-3,8-11H2,1H3. The molecule has 5 nitrogen and oxygen atoms in total. The van der Waals surface area contributed by atoms with Gasteiger partial charge in [0.2, 0.25) is 0 Å². The Morgan fingerprint density at radius 2 is 1.95 bits per heavy atom.